The SMILES string of the molecule is CC(C)(C)c1ccc(C(=O)N/N=C\c2ccc(F)cc2)cc1. The molecule has 0 saturated carbocycles. The highest BCUT2D eigenvalue weighted by Crippen LogP contribution is 2.22. The minimum Gasteiger partial charge on any atom is -0.267 e. The monoisotopic (exact) mass is 298 g/mol. The van der Waals surface area contributed by atoms with E-state index in [9.17, 15) is 9.18 Å². The Hall–Kier alpha value is -2.49. The van der Waals surface area contributed by atoms with E-state index in [2.05, 4.69) is 31.3 Å². The van der Waals surface area contributed by atoms with E-state index in [-0.39, 0.29) is 17.1 Å². The molecule has 0 aliphatic heterocycles. The predicted molar refractivity (Wildman–Crippen MR) is 86.6 cm³/mol. The molecule has 0 aromatic heterocycles. The molecule has 22 heavy (non-hydrogen) atoms. The lowest BCUT2D eigenvalue weighted by molar-refractivity contribution is 0.0955. The van der Waals surface area contributed by atoms with E-state index in [1.165, 1.54) is 23.9 Å². The third-order valence-electron chi connectivity index (χ3n) is 3.26. The van der Waals surface area contributed by atoms with Gasteiger partial charge in [-0.05, 0) is 40.8 Å². The van der Waals surface area contributed by atoms with Crippen molar-refractivity contribution >= 4 is 12.1 Å². The average molecular weight is 298 g/mol. The summed E-state index contributed by atoms with van der Waals surface area (Å²) in [5.41, 5.74) is 4.93. The van der Waals surface area contributed by atoms with Crippen LogP contribution in [0.15, 0.2) is 53.6 Å². The Labute approximate surface area is 129 Å². The molecule has 0 heterocycles. The van der Waals surface area contributed by atoms with Crippen LogP contribution in [0.3, 0.4) is 0 Å². The molecule has 114 valence electrons. The molecule has 0 spiro atoms. The van der Waals surface area contributed by atoms with Gasteiger partial charge in [0, 0.05) is 5.56 Å². The van der Waals surface area contributed by atoms with Gasteiger partial charge in [-0.3, -0.25) is 4.79 Å². The Kier molecular flexibility index (Phi) is 4.71. The van der Waals surface area contributed by atoms with Gasteiger partial charge in [-0.15, -0.1) is 0 Å². The number of carbonyl (C=O) groups is 1. The Morgan fingerprint density at radius 1 is 1.05 bits per heavy atom. The molecule has 1 amide bonds. The van der Waals surface area contributed by atoms with E-state index in [0.717, 1.165) is 0 Å². The van der Waals surface area contributed by atoms with E-state index in [1.54, 1.807) is 24.3 Å². The Bertz CT molecular complexity index is 668. The number of hydrogen-bond acceptors (Lipinski definition) is 2. The highest BCUT2D eigenvalue weighted by atomic mass is 19.1. The second kappa shape index (κ2) is 6.52. The average Bonchev–Trinajstić information content (AvgIpc) is 2.48. The summed E-state index contributed by atoms with van der Waals surface area (Å²) in [6.07, 6.45) is 1.47. The second-order valence-electron chi connectivity index (χ2n) is 6.08. The summed E-state index contributed by atoms with van der Waals surface area (Å²) in [6.45, 7) is 6.36. The zero-order chi connectivity index (χ0) is 16.2. The molecule has 0 radical (unpaired) electrons. The Balaban J connectivity index is 1.99. The molecule has 4 heteroatoms. The van der Waals surface area contributed by atoms with Crippen LogP contribution >= 0.6 is 0 Å². The van der Waals surface area contributed by atoms with Gasteiger partial charge in [0.2, 0.25) is 0 Å². The molecule has 0 fully saturated rings. The maximum absolute atomic E-state index is 12.8. The maximum atomic E-state index is 12.8. The minimum absolute atomic E-state index is 0.0513. The van der Waals surface area contributed by atoms with Crippen LogP contribution < -0.4 is 5.43 Å². The number of benzene rings is 2. The van der Waals surface area contributed by atoms with Crippen LogP contribution in [0.25, 0.3) is 0 Å². The summed E-state index contributed by atoms with van der Waals surface area (Å²) in [5.74, 6) is -0.584. The number of hydrazone groups is 1. The topological polar surface area (TPSA) is 41.5 Å². The van der Waals surface area contributed by atoms with Gasteiger partial charge in [0.25, 0.3) is 5.91 Å². The highest BCUT2D eigenvalue weighted by Gasteiger charge is 2.14. The van der Waals surface area contributed by atoms with Gasteiger partial charge in [0.15, 0.2) is 0 Å². The fourth-order valence-corrected chi connectivity index (χ4v) is 1.90. The standard InChI is InChI=1S/C18H19FN2O/c1-18(2,3)15-8-6-14(7-9-15)17(22)21-20-12-13-4-10-16(19)11-5-13/h4-12H,1-3H3,(H,21,22)/b20-12-. The number of nitrogens with zero attached hydrogens (tertiary/aromatic N) is 1. The van der Waals surface area contributed by atoms with Crippen molar-refractivity contribution < 1.29 is 9.18 Å². The van der Waals surface area contributed by atoms with Crippen molar-refractivity contribution in [2.45, 2.75) is 26.2 Å². The molecule has 0 aliphatic rings. The lowest BCUT2D eigenvalue weighted by Gasteiger charge is -2.18. The van der Waals surface area contributed by atoms with Gasteiger partial charge in [-0.25, -0.2) is 9.82 Å². The highest BCUT2D eigenvalue weighted by molar-refractivity contribution is 5.94. The van der Waals surface area contributed by atoms with Crippen molar-refractivity contribution in [2.24, 2.45) is 5.10 Å². The van der Waals surface area contributed by atoms with Crippen LogP contribution in [0.1, 0.15) is 42.3 Å². The van der Waals surface area contributed by atoms with Crippen LogP contribution in [0.2, 0.25) is 0 Å². The summed E-state index contributed by atoms with van der Waals surface area (Å²) >= 11 is 0. The largest absolute Gasteiger partial charge is 0.271 e. The first kappa shape index (κ1) is 15.9. The lowest BCUT2D eigenvalue weighted by atomic mass is 9.87. The van der Waals surface area contributed by atoms with Crippen LogP contribution in [0, 0.1) is 5.82 Å². The number of rotatable bonds is 3. The number of hydrogen-bond donors (Lipinski definition) is 1. The molecular formula is C18H19FN2O. The van der Waals surface area contributed by atoms with Crippen molar-refractivity contribution in [3.05, 3.63) is 71.0 Å². The molecule has 0 aliphatic carbocycles. The summed E-state index contributed by atoms with van der Waals surface area (Å²) in [4.78, 5) is 12.0. The summed E-state index contributed by atoms with van der Waals surface area (Å²) in [5, 5.41) is 3.87. The number of amides is 1. The van der Waals surface area contributed by atoms with Gasteiger partial charge in [0.05, 0.1) is 6.21 Å². The Morgan fingerprint density at radius 3 is 2.18 bits per heavy atom. The maximum Gasteiger partial charge on any atom is 0.271 e. The minimum atomic E-state index is -0.305. The van der Waals surface area contributed by atoms with Gasteiger partial charge >= 0.3 is 0 Å². The van der Waals surface area contributed by atoms with Crippen molar-refractivity contribution in [1.82, 2.24) is 5.43 Å². The van der Waals surface area contributed by atoms with Crippen LogP contribution in [-0.2, 0) is 5.41 Å². The van der Waals surface area contributed by atoms with Gasteiger partial charge in [-0.1, -0.05) is 45.0 Å². The third kappa shape index (κ3) is 4.25. The summed E-state index contributed by atoms with van der Waals surface area (Å²) in [6, 6.07) is 13.3. The van der Waals surface area contributed by atoms with E-state index in [1.807, 2.05) is 12.1 Å². The first-order chi connectivity index (χ1) is 10.4. The molecule has 0 unspecified atom stereocenters. The van der Waals surface area contributed by atoms with Gasteiger partial charge < -0.3 is 0 Å². The molecule has 0 bridgehead atoms. The van der Waals surface area contributed by atoms with Gasteiger partial charge in [0.1, 0.15) is 5.82 Å². The molecule has 3 nitrogen and oxygen atoms in total. The quantitative estimate of drug-likeness (QED) is 0.678. The summed E-state index contributed by atoms with van der Waals surface area (Å²) < 4.78 is 12.8. The molecular weight excluding hydrogens is 279 g/mol. The van der Waals surface area contributed by atoms with Crippen molar-refractivity contribution in [2.75, 3.05) is 0 Å². The molecule has 2 aromatic rings. The van der Waals surface area contributed by atoms with Gasteiger partial charge in [-0.2, -0.15) is 5.10 Å². The molecule has 0 saturated heterocycles. The smallest absolute Gasteiger partial charge is 0.267 e. The summed E-state index contributed by atoms with van der Waals surface area (Å²) in [7, 11) is 0. The number of nitrogens with one attached hydrogen (secondary N) is 1. The second-order valence-corrected chi connectivity index (χ2v) is 6.08. The van der Waals surface area contributed by atoms with Crippen LogP contribution in [0.4, 0.5) is 4.39 Å². The van der Waals surface area contributed by atoms with Crippen molar-refractivity contribution in [3.63, 3.8) is 0 Å². The molecule has 1 N–H and O–H groups in total. The van der Waals surface area contributed by atoms with E-state index in [4.69, 9.17) is 0 Å². The van der Waals surface area contributed by atoms with Crippen molar-refractivity contribution in [1.29, 1.82) is 0 Å². The lowest BCUT2D eigenvalue weighted by Crippen LogP contribution is -2.18. The zero-order valence-electron chi connectivity index (χ0n) is 12.9. The Morgan fingerprint density at radius 2 is 1.64 bits per heavy atom. The van der Waals surface area contributed by atoms with E-state index >= 15 is 0 Å². The van der Waals surface area contributed by atoms with Crippen LogP contribution in [0.5, 0.6) is 0 Å². The third-order valence-corrected chi connectivity index (χ3v) is 3.26. The fourth-order valence-electron chi connectivity index (χ4n) is 1.90. The normalized spacial score (nSPS) is 11.6. The predicted octanol–water partition coefficient (Wildman–Crippen LogP) is 3.89. The zero-order valence-corrected chi connectivity index (χ0v) is 12.9. The number of carbonyl (C=O) groups excluding carboxylic acids is 1. The number of halogens is 1. The molecule has 2 aromatic carbocycles. The van der Waals surface area contributed by atoms with E-state index in [0.29, 0.717) is 11.1 Å². The fraction of sp³-hybridized carbons (Fsp3) is 0.222. The van der Waals surface area contributed by atoms with E-state index < -0.39 is 0 Å². The van der Waals surface area contributed by atoms with Crippen LogP contribution in [-0.4, -0.2) is 12.1 Å². The first-order valence-corrected chi connectivity index (χ1v) is 7.06. The molecule has 2 rings (SSSR count). The van der Waals surface area contributed by atoms with Crippen molar-refractivity contribution in [3.8, 4) is 0 Å². The molecule has 0 atom stereocenters. The first-order valence-electron chi connectivity index (χ1n) is 7.06.